The van der Waals surface area contributed by atoms with Crippen LogP contribution in [0.4, 0.5) is 9.18 Å². The Morgan fingerprint density at radius 1 is 1.20 bits per heavy atom. The van der Waals surface area contributed by atoms with Crippen LogP contribution in [0.1, 0.15) is 57.1 Å². The number of rotatable bonds is 5. The predicted molar refractivity (Wildman–Crippen MR) is 151 cm³/mol. The van der Waals surface area contributed by atoms with Gasteiger partial charge in [0.05, 0.1) is 18.7 Å². The van der Waals surface area contributed by atoms with Gasteiger partial charge in [-0.15, -0.1) is 0 Å². The first-order valence-electron chi connectivity index (χ1n) is 13.8. The number of aliphatic hydroxyl groups excluding tert-OH is 1. The van der Waals surface area contributed by atoms with E-state index in [0.717, 1.165) is 25.7 Å². The van der Waals surface area contributed by atoms with Crippen molar-refractivity contribution in [3.63, 3.8) is 0 Å². The molecule has 0 radical (unpaired) electrons. The van der Waals surface area contributed by atoms with Crippen molar-refractivity contribution in [1.82, 2.24) is 14.5 Å². The Bertz CT molecular complexity index is 1370. The van der Waals surface area contributed by atoms with Crippen molar-refractivity contribution in [1.29, 1.82) is 0 Å². The molecule has 216 valence electrons. The molecule has 2 amide bonds. The fourth-order valence-electron chi connectivity index (χ4n) is 5.11. The maximum Gasteiger partial charge on any atom is 0.317 e. The minimum Gasteiger partial charge on any atom is -0.487 e. The van der Waals surface area contributed by atoms with E-state index < -0.39 is 28.0 Å². The van der Waals surface area contributed by atoms with Crippen LogP contribution in [0.5, 0.6) is 5.75 Å². The van der Waals surface area contributed by atoms with Crippen LogP contribution in [0.3, 0.4) is 0 Å². The van der Waals surface area contributed by atoms with Crippen molar-refractivity contribution >= 4 is 16.1 Å². The summed E-state index contributed by atoms with van der Waals surface area (Å²) in [5, 5.41) is 13.0. The van der Waals surface area contributed by atoms with E-state index in [1.807, 2.05) is 6.92 Å². The lowest BCUT2D eigenvalue weighted by molar-refractivity contribution is 0.0806. The van der Waals surface area contributed by atoms with E-state index in [1.165, 1.54) is 28.9 Å². The van der Waals surface area contributed by atoms with Gasteiger partial charge in [0.2, 0.25) is 10.0 Å². The number of aliphatic hydroxyl groups is 1. The second-order valence-electron chi connectivity index (χ2n) is 10.8. The van der Waals surface area contributed by atoms with Crippen molar-refractivity contribution in [2.24, 2.45) is 5.92 Å². The number of sulfonamides is 1. The van der Waals surface area contributed by atoms with Crippen LogP contribution in [-0.4, -0.2) is 73.7 Å². The Morgan fingerprint density at radius 2 is 1.93 bits per heavy atom. The molecule has 3 atom stereocenters. The Balaban J connectivity index is 1.65. The number of carbonyl (C=O) groups is 1. The van der Waals surface area contributed by atoms with Crippen LogP contribution in [0.25, 0.3) is 0 Å². The summed E-state index contributed by atoms with van der Waals surface area (Å²) in [6.45, 7) is 3.52. The minimum atomic E-state index is -4.02. The fraction of sp³-hybridized carbons (Fsp3) is 0.500. The molecule has 8 nitrogen and oxygen atoms in total. The van der Waals surface area contributed by atoms with E-state index in [-0.39, 0.29) is 53.9 Å². The maximum absolute atomic E-state index is 14.1. The predicted octanol–water partition coefficient (Wildman–Crippen LogP) is 3.97. The van der Waals surface area contributed by atoms with Gasteiger partial charge in [0.25, 0.3) is 0 Å². The number of hydrogen-bond acceptors (Lipinski definition) is 5. The van der Waals surface area contributed by atoms with Crippen LogP contribution >= 0.6 is 0 Å². The zero-order valence-electron chi connectivity index (χ0n) is 23.3. The molecule has 1 heterocycles. The molecule has 2 aromatic rings. The van der Waals surface area contributed by atoms with Crippen LogP contribution in [-0.2, 0) is 10.0 Å². The highest BCUT2D eigenvalue weighted by molar-refractivity contribution is 7.89. The lowest BCUT2D eigenvalue weighted by Crippen LogP contribution is -2.52. The Hall–Kier alpha value is -3.13. The summed E-state index contributed by atoms with van der Waals surface area (Å²) >= 11 is 0. The van der Waals surface area contributed by atoms with Gasteiger partial charge in [-0.25, -0.2) is 17.6 Å². The summed E-state index contributed by atoms with van der Waals surface area (Å²) in [5.74, 6) is 5.04. The van der Waals surface area contributed by atoms with Gasteiger partial charge in [-0.1, -0.05) is 50.2 Å². The first kappa shape index (κ1) is 29.8. The molecular formula is C30H38FN3O5S. The highest BCUT2D eigenvalue weighted by atomic mass is 32.2. The van der Waals surface area contributed by atoms with Crippen LogP contribution in [0.2, 0.25) is 0 Å². The van der Waals surface area contributed by atoms with Gasteiger partial charge in [0.1, 0.15) is 22.6 Å². The normalized spacial score (nSPS) is 21.9. The molecule has 2 N–H and O–H groups in total. The molecule has 1 aliphatic heterocycles. The lowest BCUT2D eigenvalue weighted by atomic mass is 9.96. The summed E-state index contributed by atoms with van der Waals surface area (Å²) in [7, 11) is -2.31. The van der Waals surface area contributed by atoms with Gasteiger partial charge in [0.15, 0.2) is 0 Å². The van der Waals surface area contributed by atoms with E-state index in [9.17, 15) is 22.7 Å². The lowest BCUT2D eigenvalue weighted by Gasteiger charge is -2.37. The average molecular weight is 572 g/mol. The van der Waals surface area contributed by atoms with E-state index in [0.29, 0.717) is 5.56 Å². The monoisotopic (exact) mass is 571 g/mol. The zero-order valence-corrected chi connectivity index (χ0v) is 24.1. The molecule has 0 bridgehead atoms. The van der Waals surface area contributed by atoms with Gasteiger partial charge in [-0.05, 0) is 50.1 Å². The number of ether oxygens (including phenoxy) is 1. The van der Waals surface area contributed by atoms with Crippen molar-refractivity contribution in [2.45, 2.75) is 69.0 Å². The molecule has 1 aliphatic carbocycles. The molecule has 10 heteroatoms. The number of urea groups is 1. The number of amides is 2. The summed E-state index contributed by atoms with van der Waals surface area (Å²) in [4.78, 5) is 14.5. The van der Waals surface area contributed by atoms with E-state index in [2.05, 4.69) is 17.2 Å². The molecule has 0 spiro atoms. The SMILES string of the molecule is C[C@@H]1CN([C@@H](C)CO)S(=O)(=O)c2ccc(C#Cc3ccccc3F)cc2O[C@H]1CN(C)C(=O)NC1CCCCC1. The number of halogens is 1. The van der Waals surface area contributed by atoms with Gasteiger partial charge in [0, 0.05) is 37.2 Å². The first-order valence-corrected chi connectivity index (χ1v) is 15.3. The number of likely N-dealkylation sites (N-methyl/N-ethyl adjacent to an activating group) is 1. The first-order chi connectivity index (χ1) is 19.1. The number of hydrogen-bond donors (Lipinski definition) is 2. The summed E-state index contributed by atoms with van der Waals surface area (Å²) < 4.78 is 49.1. The van der Waals surface area contributed by atoms with Crippen LogP contribution in [0.15, 0.2) is 47.4 Å². The zero-order chi connectivity index (χ0) is 28.9. The second kappa shape index (κ2) is 13.0. The summed E-state index contributed by atoms with van der Waals surface area (Å²) in [6.07, 6.45) is 4.78. The number of nitrogens with one attached hydrogen (secondary N) is 1. The van der Waals surface area contributed by atoms with E-state index in [4.69, 9.17) is 4.74 Å². The van der Waals surface area contributed by atoms with Crippen molar-refractivity contribution in [2.75, 3.05) is 26.7 Å². The topological polar surface area (TPSA) is 99.2 Å². The molecule has 40 heavy (non-hydrogen) atoms. The third-order valence-corrected chi connectivity index (χ3v) is 9.64. The molecule has 2 aromatic carbocycles. The van der Waals surface area contributed by atoms with Gasteiger partial charge in [-0.2, -0.15) is 4.31 Å². The van der Waals surface area contributed by atoms with Gasteiger partial charge < -0.3 is 20.1 Å². The number of carbonyl (C=O) groups excluding carboxylic acids is 1. The highest BCUT2D eigenvalue weighted by Gasteiger charge is 2.38. The van der Waals surface area contributed by atoms with Crippen LogP contribution < -0.4 is 10.1 Å². The Kier molecular flexibility index (Phi) is 9.72. The molecule has 0 unspecified atom stereocenters. The summed E-state index contributed by atoms with van der Waals surface area (Å²) in [6, 6.07) is 9.98. The quantitative estimate of drug-likeness (QED) is 0.530. The number of benzene rings is 2. The third-order valence-electron chi connectivity index (χ3n) is 7.62. The molecular weight excluding hydrogens is 533 g/mol. The average Bonchev–Trinajstić information content (AvgIpc) is 2.94. The molecule has 1 saturated carbocycles. The fourth-order valence-corrected chi connectivity index (χ4v) is 6.93. The van der Waals surface area contributed by atoms with E-state index >= 15 is 0 Å². The molecule has 2 aliphatic rings. The maximum atomic E-state index is 14.1. The van der Waals surface area contributed by atoms with E-state index in [1.54, 1.807) is 43.1 Å². The molecule has 4 rings (SSSR count). The smallest absolute Gasteiger partial charge is 0.317 e. The number of fused-ring (bicyclic) bond motifs is 1. The largest absolute Gasteiger partial charge is 0.487 e. The summed E-state index contributed by atoms with van der Waals surface area (Å²) in [5.41, 5.74) is 0.678. The van der Waals surface area contributed by atoms with Crippen molar-refractivity contribution in [3.05, 3.63) is 59.4 Å². The molecule has 1 fully saturated rings. The van der Waals surface area contributed by atoms with Crippen molar-refractivity contribution in [3.8, 4) is 17.6 Å². The Labute approximate surface area is 236 Å². The third kappa shape index (κ3) is 6.95. The second-order valence-corrected chi connectivity index (χ2v) is 12.7. The standard InChI is InChI=1S/C30H38FN3O5S/c1-21-18-34(22(2)20-35)40(37,38)29-16-14-23(13-15-24-9-7-8-12-26(24)31)17-27(29)39-28(21)19-33(3)30(36)32-25-10-5-4-6-11-25/h7-9,12,14,16-17,21-22,25,28,35H,4-6,10-11,18-20H2,1-3H3,(H,32,36)/t21-,22+,28+/m1/s1. The number of nitrogens with zero attached hydrogens (tertiary/aromatic N) is 2. The Morgan fingerprint density at radius 3 is 2.62 bits per heavy atom. The molecule has 0 aromatic heterocycles. The van der Waals surface area contributed by atoms with Crippen molar-refractivity contribution < 1.29 is 27.4 Å². The highest BCUT2D eigenvalue weighted by Crippen LogP contribution is 2.34. The molecule has 0 saturated heterocycles. The van der Waals surface area contributed by atoms with Gasteiger partial charge >= 0.3 is 6.03 Å². The van der Waals surface area contributed by atoms with Gasteiger partial charge in [-0.3, -0.25) is 0 Å². The minimum absolute atomic E-state index is 0.0459. The van der Waals surface area contributed by atoms with Crippen LogP contribution in [0, 0.1) is 23.6 Å².